The van der Waals surface area contributed by atoms with Gasteiger partial charge in [-0.25, -0.2) is 9.78 Å². The first-order valence-corrected chi connectivity index (χ1v) is 3.66. The SMILES string of the molecule is O=C(O)c1cc(Cl)cc(C(F)(F)F)n1. The topological polar surface area (TPSA) is 50.2 Å². The molecule has 1 rings (SSSR count). The van der Waals surface area contributed by atoms with Crippen molar-refractivity contribution in [1.29, 1.82) is 0 Å². The molecule has 3 nitrogen and oxygen atoms in total. The van der Waals surface area contributed by atoms with Crippen LogP contribution in [-0.4, -0.2) is 16.1 Å². The van der Waals surface area contributed by atoms with Gasteiger partial charge in [-0.15, -0.1) is 0 Å². The number of hydrogen-bond donors (Lipinski definition) is 1. The number of carbonyl (C=O) groups is 1. The van der Waals surface area contributed by atoms with Crippen molar-refractivity contribution in [3.8, 4) is 0 Å². The van der Waals surface area contributed by atoms with E-state index >= 15 is 0 Å². The lowest BCUT2D eigenvalue weighted by Crippen LogP contribution is -2.11. The number of halogens is 4. The monoisotopic (exact) mass is 225 g/mol. The maximum absolute atomic E-state index is 12.1. The zero-order valence-corrected chi connectivity index (χ0v) is 7.23. The summed E-state index contributed by atoms with van der Waals surface area (Å²) in [5, 5.41) is 8.10. The number of aromatic carboxylic acids is 1. The smallest absolute Gasteiger partial charge is 0.433 e. The Balaban J connectivity index is 3.28. The molecule has 0 bridgehead atoms. The first kappa shape index (κ1) is 10.8. The van der Waals surface area contributed by atoms with Crippen LogP contribution in [0.2, 0.25) is 5.02 Å². The number of rotatable bonds is 1. The summed E-state index contributed by atoms with van der Waals surface area (Å²) in [6.45, 7) is 0. The van der Waals surface area contributed by atoms with E-state index in [0.717, 1.165) is 6.07 Å². The zero-order valence-electron chi connectivity index (χ0n) is 6.47. The summed E-state index contributed by atoms with van der Waals surface area (Å²) in [6.07, 6.45) is -4.70. The van der Waals surface area contributed by atoms with Crippen molar-refractivity contribution in [2.75, 3.05) is 0 Å². The molecule has 1 aromatic rings. The highest BCUT2D eigenvalue weighted by molar-refractivity contribution is 6.30. The predicted molar refractivity (Wildman–Crippen MR) is 41.2 cm³/mol. The fourth-order valence-electron chi connectivity index (χ4n) is 0.752. The van der Waals surface area contributed by atoms with E-state index in [1.54, 1.807) is 0 Å². The summed E-state index contributed by atoms with van der Waals surface area (Å²) < 4.78 is 36.3. The van der Waals surface area contributed by atoms with Crippen LogP contribution in [0.1, 0.15) is 16.2 Å². The van der Waals surface area contributed by atoms with Crippen LogP contribution < -0.4 is 0 Å². The van der Waals surface area contributed by atoms with Gasteiger partial charge in [-0.3, -0.25) is 0 Å². The first-order chi connectivity index (χ1) is 6.30. The molecule has 0 radical (unpaired) electrons. The minimum Gasteiger partial charge on any atom is -0.477 e. The molecule has 0 aliphatic heterocycles. The third-order valence-corrected chi connectivity index (χ3v) is 1.52. The Hall–Kier alpha value is -1.30. The highest BCUT2D eigenvalue weighted by Crippen LogP contribution is 2.29. The number of alkyl halides is 3. The minimum atomic E-state index is -4.70. The van der Waals surface area contributed by atoms with E-state index in [9.17, 15) is 18.0 Å². The zero-order chi connectivity index (χ0) is 10.9. The van der Waals surface area contributed by atoms with Crippen LogP contribution in [0.15, 0.2) is 12.1 Å². The molecule has 0 saturated carbocycles. The van der Waals surface area contributed by atoms with E-state index in [2.05, 4.69) is 4.98 Å². The van der Waals surface area contributed by atoms with Crippen molar-refractivity contribution in [2.24, 2.45) is 0 Å². The van der Waals surface area contributed by atoms with Crippen LogP contribution in [0.5, 0.6) is 0 Å². The molecule has 0 aromatic carbocycles. The lowest BCUT2D eigenvalue weighted by molar-refractivity contribution is -0.141. The Morgan fingerprint density at radius 1 is 1.43 bits per heavy atom. The van der Waals surface area contributed by atoms with E-state index in [0.29, 0.717) is 6.07 Å². The number of nitrogens with zero attached hydrogens (tertiary/aromatic N) is 1. The quantitative estimate of drug-likeness (QED) is 0.799. The number of aromatic nitrogens is 1. The van der Waals surface area contributed by atoms with Gasteiger partial charge in [-0.1, -0.05) is 11.6 Å². The van der Waals surface area contributed by atoms with Gasteiger partial charge in [0.25, 0.3) is 0 Å². The number of hydrogen-bond acceptors (Lipinski definition) is 2. The number of carboxylic acid groups (broad SMARTS) is 1. The van der Waals surface area contributed by atoms with Crippen LogP contribution in [0.3, 0.4) is 0 Å². The van der Waals surface area contributed by atoms with Crippen molar-refractivity contribution in [1.82, 2.24) is 4.98 Å². The Labute approximate surface area is 81.1 Å². The second-order valence-corrected chi connectivity index (χ2v) is 2.80. The second-order valence-electron chi connectivity index (χ2n) is 2.36. The Bertz CT molecular complexity index is 378. The lowest BCUT2D eigenvalue weighted by atomic mass is 10.3. The maximum atomic E-state index is 12.1. The van der Waals surface area contributed by atoms with Crippen molar-refractivity contribution in [3.63, 3.8) is 0 Å². The van der Waals surface area contributed by atoms with E-state index in [4.69, 9.17) is 16.7 Å². The average molecular weight is 226 g/mol. The third-order valence-electron chi connectivity index (χ3n) is 1.30. The van der Waals surface area contributed by atoms with Crippen molar-refractivity contribution >= 4 is 17.6 Å². The van der Waals surface area contributed by atoms with Crippen LogP contribution >= 0.6 is 11.6 Å². The average Bonchev–Trinajstić information content (AvgIpc) is 2.01. The molecule has 0 aliphatic carbocycles. The summed E-state index contributed by atoms with van der Waals surface area (Å²) >= 11 is 5.30. The molecule has 0 amide bonds. The molecule has 0 unspecified atom stereocenters. The minimum absolute atomic E-state index is 0.315. The summed E-state index contributed by atoms with van der Waals surface area (Å²) in [4.78, 5) is 13.2. The summed E-state index contributed by atoms with van der Waals surface area (Å²) in [7, 11) is 0. The highest BCUT2D eigenvalue weighted by Gasteiger charge is 2.33. The van der Waals surface area contributed by atoms with Gasteiger partial charge in [-0.2, -0.15) is 13.2 Å². The Morgan fingerprint density at radius 3 is 2.43 bits per heavy atom. The third kappa shape index (κ3) is 2.35. The van der Waals surface area contributed by atoms with Crippen LogP contribution in [0.4, 0.5) is 13.2 Å². The molecular weight excluding hydrogens is 223 g/mol. The standard InChI is InChI=1S/C7H3ClF3NO2/c8-3-1-4(6(13)14)12-5(2-3)7(9,10)11/h1-2H,(H,13,14). The largest absolute Gasteiger partial charge is 0.477 e. The molecule has 0 atom stereocenters. The molecule has 1 N–H and O–H groups in total. The summed E-state index contributed by atoms with van der Waals surface area (Å²) in [6, 6.07) is 1.41. The van der Waals surface area contributed by atoms with Gasteiger partial charge >= 0.3 is 12.1 Å². The molecule has 0 fully saturated rings. The molecule has 76 valence electrons. The molecular formula is C7H3ClF3NO2. The normalized spacial score (nSPS) is 11.4. The predicted octanol–water partition coefficient (Wildman–Crippen LogP) is 2.45. The van der Waals surface area contributed by atoms with Gasteiger partial charge in [0.1, 0.15) is 11.4 Å². The fourth-order valence-corrected chi connectivity index (χ4v) is 0.959. The number of pyridine rings is 1. The molecule has 7 heteroatoms. The maximum Gasteiger partial charge on any atom is 0.433 e. The highest BCUT2D eigenvalue weighted by atomic mass is 35.5. The van der Waals surface area contributed by atoms with E-state index in [1.165, 1.54) is 0 Å². The van der Waals surface area contributed by atoms with Gasteiger partial charge in [0, 0.05) is 5.02 Å². The van der Waals surface area contributed by atoms with E-state index in [-0.39, 0.29) is 5.02 Å². The fraction of sp³-hybridized carbons (Fsp3) is 0.143. The van der Waals surface area contributed by atoms with Crippen molar-refractivity contribution < 1.29 is 23.1 Å². The summed E-state index contributed by atoms with van der Waals surface area (Å²) in [5.41, 5.74) is -2.05. The van der Waals surface area contributed by atoms with Crippen LogP contribution in [-0.2, 0) is 6.18 Å². The Kier molecular flexibility index (Phi) is 2.66. The van der Waals surface area contributed by atoms with Crippen molar-refractivity contribution in [2.45, 2.75) is 6.18 Å². The van der Waals surface area contributed by atoms with Gasteiger partial charge in [0.05, 0.1) is 0 Å². The molecule has 1 aromatic heterocycles. The van der Waals surface area contributed by atoms with Crippen LogP contribution in [0.25, 0.3) is 0 Å². The molecule has 1 heterocycles. The van der Waals surface area contributed by atoms with Crippen LogP contribution in [0, 0.1) is 0 Å². The van der Waals surface area contributed by atoms with E-state index in [1.807, 2.05) is 0 Å². The van der Waals surface area contributed by atoms with Crippen molar-refractivity contribution in [3.05, 3.63) is 28.5 Å². The number of carboxylic acids is 1. The van der Waals surface area contributed by atoms with Gasteiger partial charge in [0.15, 0.2) is 0 Å². The molecule has 14 heavy (non-hydrogen) atoms. The van der Waals surface area contributed by atoms with Gasteiger partial charge in [0.2, 0.25) is 0 Å². The molecule has 0 aliphatic rings. The van der Waals surface area contributed by atoms with E-state index < -0.39 is 23.5 Å². The molecule has 0 spiro atoms. The van der Waals surface area contributed by atoms with Gasteiger partial charge < -0.3 is 5.11 Å². The van der Waals surface area contributed by atoms with Gasteiger partial charge in [-0.05, 0) is 12.1 Å². The Morgan fingerprint density at radius 2 is 2.00 bits per heavy atom. The lowest BCUT2D eigenvalue weighted by Gasteiger charge is -2.06. The summed E-state index contributed by atoms with van der Waals surface area (Å²) in [5.74, 6) is -1.56. The second kappa shape index (κ2) is 3.45. The first-order valence-electron chi connectivity index (χ1n) is 3.29. The molecule has 0 saturated heterocycles.